The second-order valence-corrected chi connectivity index (χ2v) is 8.09. The van der Waals surface area contributed by atoms with E-state index in [1.165, 1.54) is 89.9 Å². The minimum Gasteiger partial charge on any atom is -0.120 e. The van der Waals surface area contributed by atoms with Gasteiger partial charge < -0.3 is 0 Å². The SMILES string of the molecule is CCCCCCCCCCCCCCCCC(C)(C)Cl. The van der Waals surface area contributed by atoms with Crippen molar-refractivity contribution in [3.8, 4) is 0 Å². The van der Waals surface area contributed by atoms with E-state index < -0.39 is 0 Å². The third-order valence-electron chi connectivity index (χ3n) is 4.12. The highest BCUT2D eigenvalue weighted by atomic mass is 35.5. The lowest BCUT2D eigenvalue weighted by Crippen LogP contribution is -2.08. The fourth-order valence-electron chi connectivity index (χ4n) is 2.74. The number of hydrogen-bond donors (Lipinski definition) is 0. The molecule has 0 rings (SSSR count). The average Bonchev–Trinajstić information content (AvgIpc) is 2.38. The zero-order valence-electron chi connectivity index (χ0n) is 14.5. The van der Waals surface area contributed by atoms with E-state index in [9.17, 15) is 0 Å². The highest BCUT2D eigenvalue weighted by molar-refractivity contribution is 6.23. The molecule has 0 aromatic rings. The zero-order valence-corrected chi connectivity index (χ0v) is 15.2. The summed E-state index contributed by atoms with van der Waals surface area (Å²) in [5.41, 5.74) is 0. The standard InChI is InChI=1S/C19H39Cl/c1-4-5-6-7-8-9-10-11-12-13-14-15-16-17-18-19(2,3)20/h4-18H2,1-3H3. The van der Waals surface area contributed by atoms with Crippen LogP contribution >= 0.6 is 11.6 Å². The zero-order chi connectivity index (χ0) is 15.1. The molecule has 0 saturated heterocycles. The summed E-state index contributed by atoms with van der Waals surface area (Å²) in [6.07, 6.45) is 21.1. The van der Waals surface area contributed by atoms with Gasteiger partial charge in [0.2, 0.25) is 0 Å². The highest BCUT2D eigenvalue weighted by Gasteiger charge is 2.11. The summed E-state index contributed by atoms with van der Waals surface area (Å²) < 4.78 is 0. The first-order valence-corrected chi connectivity index (χ1v) is 9.63. The molecule has 0 aliphatic carbocycles. The Balaban J connectivity index is 2.99. The fourth-order valence-corrected chi connectivity index (χ4v) is 2.87. The van der Waals surface area contributed by atoms with Crippen LogP contribution in [0.4, 0.5) is 0 Å². The lowest BCUT2D eigenvalue weighted by atomic mass is 10.0. The first-order valence-electron chi connectivity index (χ1n) is 9.25. The monoisotopic (exact) mass is 302 g/mol. The van der Waals surface area contributed by atoms with Gasteiger partial charge in [-0.2, -0.15) is 0 Å². The van der Waals surface area contributed by atoms with Crippen molar-refractivity contribution in [2.24, 2.45) is 0 Å². The van der Waals surface area contributed by atoms with Gasteiger partial charge in [-0.05, 0) is 20.3 Å². The molecule has 0 aromatic carbocycles. The maximum atomic E-state index is 6.18. The first-order chi connectivity index (χ1) is 9.56. The van der Waals surface area contributed by atoms with Crippen LogP contribution in [0.5, 0.6) is 0 Å². The minimum atomic E-state index is 0.0110. The topological polar surface area (TPSA) is 0 Å². The van der Waals surface area contributed by atoms with Crippen LogP contribution in [-0.2, 0) is 0 Å². The molecule has 0 amide bonds. The van der Waals surface area contributed by atoms with E-state index in [1.807, 2.05) is 0 Å². The van der Waals surface area contributed by atoms with Gasteiger partial charge in [-0.1, -0.05) is 96.8 Å². The van der Waals surface area contributed by atoms with Crippen molar-refractivity contribution >= 4 is 11.6 Å². The quantitative estimate of drug-likeness (QED) is 0.213. The molecular weight excluding hydrogens is 264 g/mol. The van der Waals surface area contributed by atoms with E-state index in [2.05, 4.69) is 20.8 Å². The van der Waals surface area contributed by atoms with Gasteiger partial charge in [-0.15, -0.1) is 11.6 Å². The molecule has 0 saturated carbocycles. The number of rotatable bonds is 15. The van der Waals surface area contributed by atoms with Crippen molar-refractivity contribution < 1.29 is 0 Å². The van der Waals surface area contributed by atoms with E-state index >= 15 is 0 Å². The van der Waals surface area contributed by atoms with Gasteiger partial charge in [-0.3, -0.25) is 0 Å². The Morgan fingerprint density at radius 2 is 0.850 bits per heavy atom. The summed E-state index contributed by atoms with van der Waals surface area (Å²) in [7, 11) is 0. The molecule has 0 bridgehead atoms. The van der Waals surface area contributed by atoms with E-state index in [4.69, 9.17) is 11.6 Å². The molecule has 0 atom stereocenters. The molecule has 0 nitrogen and oxygen atoms in total. The van der Waals surface area contributed by atoms with Crippen molar-refractivity contribution in [3.05, 3.63) is 0 Å². The Morgan fingerprint density at radius 3 is 1.15 bits per heavy atom. The van der Waals surface area contributed by atoms with E-state index in [0.717, 1.165) is 6.42 Å². The van der Waals surface area contributed by atoms with E-state index in [0.29, 0.717) is 0 Å². The summed E-state index contributed by atoms with van der Waals surface area (Å²) in [4.78, 5) is 0.0110. The van der Waals surface area contributed by atoms with Gasteiger partial charge in [0.15, 0.2) is 0 Å². The van der Waals surface area contributed by atoms with Crippen LogP contribution in [-0.4, -0.2) is 4.87 Å². The summed E-state index contributed by atoms with van der Waals surface area (Å²) in [5, 5.41) is 0. The van der Waals surface area contributed by atoms with Gasteiger partial charge in [0, 0.05) is 4.87 Å². The van der Waals surface area contributed by atoms with E-state index in [-0.39, 0.29) is 4.87 Å². The Bertz CT molecular complexity index is 181. The van der Waals surface area contributed by atoms with Crippen LogP contribution in [0.2, 0.25) is 0 Å². The average molecular weight is 303 g/mol. The number of hydrogen-bond acceptors (Lipinski definition) is 0. The van der Waals surface area contributed by atoms with Gasteiger partial charge in [0.25, 0.3) is 0 Å². The molecule has 122 valence electrons. The van der Waals surface area contributed by atoms with Crippen LogP contribution in [0.15, 0.2) is 0 Å². The minimum absolute atomic E-state index is 0.0110. The molecule has 0 fully saturated rings. The maximum Gasteiger partial charge on any atom is 0.0390 e. The number of halogens is 1. The third-order valence-corrected chi connectivity index (χ3v) is 4.31. The number of unbranched alkanes of at least 4 members (excludes halogenated alkanes) is 13. The molecule has 0 spiro atoms. The van der Waals surface area contributed by atoms with Gasteiger partial charge >= 0.3 is 0 Å². The summed E-state index contributed by atoms with van der Waals surface area (Å²) in [6.45, 7) is 6.53. The Hall–Kier alpha value is 0.290. The van der Waals surface area contributed by atoms with Crippen molar-refractivity contribution in [2.45, 2.75) is 122 Å². The van der Waals surface area contributed by atoms with E-state index in [1.54, 1.807) is 0 Å². The van der Waals surface area contributed by atoms with Crippen molar-refractivity contribution in [1.82, 2.24) is 0 Å². The summed E-state index contributed by atoms with van der Waals surface area (Å²) in [5.74, 6) is 0. The van der Waals surface area contributed by atoms with Gasteiger partial charge in [0.1, 0.15) is 0 Å². The Labute approximate surface area is 134 Å². The fraction of sp³-hybridized carbons (Fsp3) is 1.00. The molecule has 0 heterocycles. The number of alkyl halides is 1. The Kier molecular flexibility index (Phi) is 14.4. The van der Waals surface area contributed by atoms with Crippen LogP contribution in [0.1, 0.15) is 117 Å². The first kappa shape index (κ1) is 20.3. The summed E-state index contributed by atoms with van der Waals surface area (Å²) >= 11 is 6.18. The van der Waals surface area contributed by atoms with Gasteiger partial charge in [0.05, 0.1) is 0 Å². The molecule has 0 aliphatic rings. The molecule has 0 aromatic heterocycles. The van der Waals surface area contributed by atoms with Crippen LogP contribution in [0.3, 0.4) is 0 Å². The molecule has 0 aliphatic heterocycles. The predicted octanol–water partition coefficient (Wildman–Crippen LogP) is 7.88. The second-order valence-electron chi connectivity index (χ2n) is 7.06. The predicted molar refractivity (Wildman–Crippen MR) is 94.9 cm³/mol. The molecule has 0 unspecified atom stereocenters. The molecule has 20 heavy (non-hydrogen) atoms. The molecular formula is C19H39Cl. The highest BCUT2D eigenvalue weighted by Crippen LogP contribution is 2.21. The molecule has 0 N–H and O–H groups in total. The maximum absolute atomic E-state index is 6.18. The molecule has 0 radical (unpaired) electrons. The normalized spacial score (nSPS) is 12.0. The van der Waals surface area contributed by atoms with Crippen molar-refractivity contribution in [1.29, 1.82) is 0 Å². The van der Waals surface area contributed by atoms with Crippen LogP contribution in [0, 0.1) is 0 Å². The van der Waals surface area contributed by atoms with Crippen LogP contribution < -0.4 is 0 Å². The van der Waals surface area contributed by atoms with Crippen LogP contribution in [0.25, 0.3) is 0 Å². The lowest BCUT2D eigenvalue weighted by molar-refractivity contribution is 0.516. The third kappa shape index (κ3) is 18.3. The largest absolute Gasteiger partial charge is 0.120 e. The van der Waals surface area contributed by atoms with Crippen molar-refractivity contribution in [3.63, 3.8) is 0 Å². The van der Waals surface area contributed by atoms with Gasteiger partial charge in [-0.25, -0.2) is 0 Å². The van der Waals surface area contributed by atoms with Crippen molar-refractivity contribution in [2.75, 3.05) is 0 Å². The summed E-state index contributed by atoms with van der Waals surface area (Å²) in [6, 6.07) is 0. The molecule has 1 heteroatoms. The second kappa shape index (κ2) is 14.2. The lowest BCUT2D eigenvalue weighted by Gasteiger charge is -2.14. The smallest absolute Gasteiger partial charge is 0.0390 e. The Morgan fingerprint density at radius 1 is 0.550 bits per heavy atom.